The van der Waals surface area contributed by atoms with Crippen LogP contribution in [-0.2, 0) is 19.4 Å². The Labute approximate surface area is 108 Å². The summed E-state index contributed by atoms with van der Waals surface area (Å²) < 4.78 is 2.19. The van der Waals surface area contributed by atoms with Crippen LogP contribution in [0.25, 0.3) is 0 Å². The van der Waals surface area contributed by atoms with Gasteiger partial charge in [-0.05, 0) is 5.56 Å². The van der Waals surface area contributed by atoms with Crippen LogP contribution in [-0.4, -0.2) is 9.55 Å². The molecule has 0 saturated carbocycles. The van der Waals surface area contributed by atoms with Crippen molar-refractivity contribution in [3.8, 4) is 0 Å². The molecule has 0 amide bonds. The topological polar surface area (TPSA) is 17.8 Å². The average molecular weight is 238 g/mol. The van der Waals surface area contributed by atoms with E-state index in [0.717, 1.165) is 25.1 Å². The summed E-state index contributed by atoms with van der Waals surface area (Å²) in [6.45, 7) is 8.45. The summed E-state index contributed by atoms with van der Waals surface area (Å²) in [7, 11) is 0. The number of imidazole rings is 1. The van der Waals surface area contributed by atoms with Crippen molar-refractivity contribution in [2.24, 2.45) is 0 Å². The van der Waals surface area contributed by atoms with Crippen molar-refractivity contribution in [1.29, 1.82) is 0 Å². The highest BCUT2D eigenvalue weighted by Gasteiger charge is 2.08. The van der Waals surface area contributed by atoms with Crippen LogP contribution in [0.15, 0.2) is 62.0 Å². The summed E-state index contributed by atoms with van der Waals surface area (Å²) in [4.78, 5) is 4.46. The minimum Gasteiger partial charge on any atom is -0.330 e. The molecule has 92 valence electrons. The van der Waals surface area contributed by atoms with Gasteiger partial charge in [0.05, 0.1) is 12.0 Å². The maximum atomic E-state index is 4.46. The van der Waals surface area contributed by atoms with E-state index in [2.05, 4.69) is 47.0 Å². The largest absolute Gasteiger partial charge is 0.330 e. The van der Waals surface area contributed by atoms with Crippen molar-refractivity contribution in [3.05, 3.63) is 78.9 Å². The molecule has 0 bridgehead atoms. The number of allylic oxidation sites excluding steroid dienone is 2. The highest BCUT2D eigenvalue weighted by atomic mass is 15.1. The van der Waals surface area contributed by atoms with E-state index >= 15 is 0 Å². The van der Waals surface area contributed by atoms with Gasteiger partial charge in [-0.3, -0.25) is 0 Å². The number of aromatic nitrogens is 2. The molecule has 0 aliphatic rings. The van der Waals surface area contributed by atoms with Crippen molar-refractivity contribution in [1.82, 2.24) is 9.55 Å². The Balaban J connectivity index is 2.27. The average Bonchev–Trinajstić information content (AvgIpc) is 2.75. The number of nitrogens with zero attached hydrogens (tertiary/aromatic N) is 2. The van der Waals surface area contributed by atoms with Gasteiger partial charge in [0.2, 0.25) is 0 Å². The smallest absolute Gasteiger partial charge is 0.0955 e. The zero-order chi connectivity index (χ0) is 12.8. The van der Waals surface area contributed by atoms with Crippen molar-refractivity contribution in [3.63, 3.8) is 0 Å². The van der Waals surface area contributed by atoms with E-state index in [4.69, 9.17) is 0 Å². The molecule has 0 unspecified atom stereocenters. The summed E-state index contributed by atoms with van der Waals surface area (Å²) >= 11 is 0. The normalized spacial score (nSPS) is 10.2. The molecular weight excluding hydrogens is 220 g/mol. The summed E-state index contributed by atoms with van der Waals surface area (Å²) in [5, 5.41) is 0. The molecule has 0 saturated heterocycles. The van der Waals surface area contributed by atoms with Crippen molar-refractivity contribution < 1.29 is 0 Å². The molecular formula is C16H18N2. The molecule has 1 aromatic heterocycles. The molecule has 2 aromatic rings. The lowest BCUT2D eigenvalue weighted by molar-refractivity contribution is 0.754. The molecule has 0 atom stereocenters. The number of rotatable bonds is 6. The molecule has 0 fully saturated rings. The molecule has 0 spiro atoms. The third-order valence-corrected chi connectivity index (χ3v) is 2.90. The maximum absolute atomic E-state index is 4.46. The number of hydrogen-bond donors (Lipinski definition) is 0. The van der Waals surface area contributed by atoms with Crippen molar-refractivity contribution in [2.45, 2.75) is 19.4 Å². The van der Waals surface area contributed by atoms with Crippen LogP contribution in [0.1, 0.15) is 17.0 Å². The predicted octanol–water partition coefficient (Wildman–Crippen LogP) is 3.39. The summed E-state index contributed by atoms with van der Waals surface area (Å²) in [5.74, 6) is 0. The Kier molecular flexibility index (Phi) is 4.13. The molecule has 0 aliphatic heterocycles. The molecule has 0 aliphatic carbocycles. The number of benzene rings is 1. The van der Waals surface area contributed by atoms with E-state index in [1.165, 1.54) is 11.3 Å². The summed E-state index contributed by atoms with van der Waals surface area (Å²) in [6.07, 6.45) is 7.37. The fourth-order valence-corrected chi connectivity index (χ4v) is 2.04. The van der Waals surface area contributed by atoms with Gasteiger partial charge in [0.1, 0.15) is 0 Å². The minimum atomic E-state index is 0.810. The quantitative estimate of drug-likeness (QED) is 0.705. The molecule has 1 aromatic carbocycles. The molecule has 1 heterocycles. The van der Waals surface area contributed by atoms with Gasteiger partial charge in [-0.2, -0.15) is 0 Å². The van der Waals surface area contributed by atoms with Gasteiger partial charge < -0.3 is 4.57 Å². The van der Waals surface area contributed by atoms with E-state index in [-0.39, 0.29) is 0 Å². The zero-order valence-corrected chi connectivity index (χ0v) is 10.5. The molecule has 2 nitrogen and oxygen atoms in total. The standard InChI is InChI=1S/C16H18N2/c1-3-8-15-16(9-4-2)18(13-17-15)12-14-10-6-5-7-11-14/h3-7,10-11,13H,1-2,8-9,12H2. The minimum absolute atomic E-state index is 0.810. The fourth-order valence-electron chi connectivity index (χ4n) is 2.04. The van der Waals surface area contributed by atoms with Crippen LogP contribution >= 0.6 is 0 Å². The first-order chi connectivity index (χ1) is 8.85. The first kappa shape index (κ1) is 12.4. The second-order valence-corrected chi connectivity index (χ2v) is 4.24. The van der Waals surface area contributed by atoms with Crippen LogP contribution in [0, 0.1) is 0 Å². The first-order valence-corrected chi connectivity index (χ1v) is 6.13. The predicted molar refractivity (Wildman–Crippen MR) is 75.6 cm³/mol. The van der Waals surface area contributed by atoms with Gasteiger partial charge >= 0.3 is 0 Å². The van der Waals surface area contributed by atoms with Crippen molar-refractivity contribution >= 4 is 0 Å². The van der Waals surface area contributed by atoms with Gasteiger partial charge in [0.15, 0.2) is 0 Å². The van der Waals surface area contributed by atoms with E-state index in [9.17, 15) is 0 Å². The molecule has 0 N–H and O–H groups in total. The molecule has 18 heavy (non-hydrogen) atoms. The third-order valence-electron chi connectivity index (χ3n) is 2.90. The first-order valence-electron chi connectivity index (χ1n) is 6.13. The highest BCUT2D eigenvalue weighted by Crippen LogP contribution is 2.13. The lowest BCUT2D eigenvalue weighted by atomic mass is 10.1. The highest BCUT2D eigenvalue weighted by molar-refractivity contribution is 5.21. The lowest BCUT2D eigenvalue weighted by Gasteiger charge is -2.08. The molecule has 2 heteroatoms. The number of hydrogen-bond acceptors (Lipinski definition) is 1. The van der Waals surface area contributed by atoms with Gasteiger partial charge in [-0.15, -0.1) is 13.2 Å². The third kappa shape index (κ3) is 2.77. The Morgan fingerprint density at radius 1 is 1.06 bits per heavy atom. The Morgan fingerprint density at radius 3 is 2.44 bits per heavy atom. The monoisotopic (exact) mass is 238 g/mol. The van der Waals surface area contributed by atoms with Crippen LogP contribution in [0.3, 0.4) is 0 Å². The Hall–Kier alpha value is -2.09. The fraction of sp³-hybridized carbons (Fsp3) is 0.188. The van der Waals surface area contributed by atoms with Gasteiger partial charge in [-0.25, -0.2) is 4.98 Å². The van der Waals surface area contributed by atoms with Crippen molar-refractivity contribution in [2.75, 3.05) is 0 Å². The van der Waals surface area contributed by atoms with Crippen LogP contribution in [0.2, 0.25) is 0 Å². The Bertz CT molecular complexity index is 523. The summed E-state index contributed by atoms with van der Waals surface area (Å²) in [6, 6.07) is 10.4. The van der Waals surface area contributed by atoms with E-state index < -0.39 is 0 Å². The van der Waals surface area contributed by atoms with Crippen LogP contribution < -0.4 is 0 Å². The zero-order valence-electron chi connectivity index (χ0n) is 10.5. The molecule has 0 radical (unpaired) electrons. The second kappa shape index (κ2) is 6.01. The SMILES string of the molecule is C=CCc1ncn(Cc2ccccc2)c1CC=C. The molecule has 2 rings (SSSR count). The summed E-state index contributed by atoms with van der Waals surface area (Å²) in [5.41, 5.74) is 3.61. The van der Waals surface area contributed by atoms with Crippen LogP contribution in [0.4, 0.5) is 0 Å². The van der Waals surface area contributed by atoms with Gasteiger partial charge in [-0.1, -0.05) is 42.5 Å². The van der Waals surface area contributed by atoms with Gasteiger partial charge in [0, 0.05) is 25.1 Å². The van der Waals surface area contributed by atoms with Crippen LogP contribution in [0.5, 0.6) is 0 Å². The lowest BCUT2D eigenvalue weighted by Crippen LogP contribution is -2.04. The van der Waals surface area contributed by atoms with E-state index in [1.807, 2.05) is 24.5 Å². The second-order valence-electron chi connectivity index (χ2n) is 4.24. The maximum Gasteiger partial charge on any atom is 0.0955 e. The van der Waals surface area contributed by atoms with Gasteiger partial charge in [0.25, 0.3) is 0 Å². The Morgan fingerprint density at radius 2 is 1.78 bits per heavy atom. The van der Waals surface area contributed by atoms with E-state index in [0.29, 0.717) is 0 Å². The van der Waals surface area contributed by atoms with E-state index in [1.54, 1.807) is 0 Å².